The van der Waals surface area contributed by atoms with Crippen LogP contribution in [0.25, 0.3) is 11.0 Å². The number of fused-ring (bicyclic) bond motifs is 1. The van der Waals surface area contributed by atoms with Crippen molar-refractivity contribution in [3.05, 3.63) is 76.9 Å². The molecule has 0 aliphatic rings. The van der Waals surface area contributed by atoms with Gasteiger partial charge in [0.15, 0.2) is 23.6 Å². The molecule has 0 unspecified atom stereocenters. The first-order valence-corrected chi connectivity index (χ1v) is 5.79. The molecule has 88 valence electrons. The Morgan fingerprint density at radius 2 is 1.78 bits per heavy atom. The van der Waals surface area contributed by atoms with Crippen molar-refractivity contribution >= 4 is 11.0 Å². The van der Waals surface area contributed by atoms with E-state index >= 15 is 0 Å². The van der Waals surface area contributed by atoms with Gasteiger partial charge >= 0.3 is 0 Å². The molecular weight excluding hydrogens is 226 g/mol. The third-order valence-corrected chi connectivity index (χ3v) is 2.80. The second-order valence-electron chi connectivity index (χ2n) is 4.12. The maximum atomic E-state index is 11.9. The molecule has 0 fully saturated rings. The van der Waals surface area contributed by atoms with Crippen LogP contribution in [-0.2, 0) is 6.54 Å². The molecule has 2 heterocycles. The molecule has 0 amide bonds. The van der Waals surface area contributed by atoms with E-state index in [1.54, 1.807) is 12.1 Å². The van der Waals surface area contributed by atoms with E-state index < -0.39 is 0 Å². The van der Waals surface area contributed by atoms with E-state index in [1.165, 1.54) is 0 Å². The van der Waals surface area contributed by atoms with Gasteiger partial charge in [-0.05, 0) is 12.1 Å². The number of hydrogen-bond donors (Lipinski definition) is 0. The molecule has 3 nitrogen and oxygen atoms in total. The predicted octanol–water partition coefficient (Wildman–Crippen LogP) is 2.13. The molecule has 0 aliphatic carbocycles. The number of benzene rings is 1. The maximum absolute atomic E-state index is 11.9. The highest BCUT2D eigenvalue weighted by Gasteiger charge is 2.08. The van der Waals surface area contributed by atoms with Crippen molar-refractivity contribution in [2.24, 2.45) is 0 Å². The average Bonchev–Trinajstić information content (AvgIpc) is 2.40. The number of nitrogens with zero attached hydrogens (tertiary/aromatic N) is 1. The number of hydrogen-bond acceptors (Lipinski definition) is 2. The molecule has 3 heteroatoms. The number of para-hydroxylation sites is 1. The molecule has 0 spiro atoms. The quantitative estimate of drug-likeness (QED) is 0.641. The minimum absolute atomic E-state index is 0.00313. The van der Waals surface area contributed by atoms with Crippen LogP contribution in [0.3, 0.4) is 0 Å². The number of rotatable bonds is 2. The lowest BCUT2D eigenvalue weighted by molar-refractivity contribution is -0.690. The second kappa shape index (κ2) is 4.45. The van der Waals surface area contributed by atoms with E-state index in [0.717, 1.165) is 0 Å². The van der Waals surface area contributed by atoms with Crippen LogP contribution in [0.5, 0.6) is 0 Å². The zero-order valence-corrected chi connectivity index (χ0v) is 9.74. The zero-order valence-electron chi connectivity index (χ0n) is 9.74. The summed E-state index contributed by atoms with van der Waals surface area (Å²) in [5.74, 6) is 0.662. The van der Waals surface area contributed by atoms with Crippen LogP contribution in [0.2, 0.25) is 0 Å². The van der Waals surface area contributed by atoms with Gasteiger partial charge in [-0.3, -0.25) is 4.79 Å². The monoisotopic (exact) mass is 238 g/mol. The SMILES string of the molecule is O=c1cc(C[n+]2ccccc2)oc2ccccc12. The molecule has 18 heavy (non-hydrogen) atoms. The summed E-state index contributed by atoms with van der Waals surface area (Å²) in [5, 5.41) is 0.624. The smallest absolute Gasteiger partial charge is 0.205 e. The summed E-state index contributed by atoms with van der Waals surface area (Å²) in [5.41, 5.74) is 0.639. The fourth-order valence-corrected chi connectivity index (χ4v) is 1.95. The van der Waals surface area contributed by atoms with Crippen molar-refractivity contribution in [3.8, 4) is 0 Å². The zero-order chi connectivity index (χ0) is 12.4. The van der Waals surface area contributed by atoms with Crippen LogP contribution in [0.1, 0.15) is 5.76 Å². The van der Waals surface area contributed by atoms with Crippen LogP contribution in [0, 0.1) is 0 Å². The Morgan fingerprint density at radius 3 is 2.61 bits per heavy atom. The topological polar surface area (TPSA) is 34.1 Å². The van der Waals surface area contributed by atoms with E-state index in [1.807, 2.05) is 53.4 Å². The van der Waals surface area contributed by atoms with Gasteiger partial charge in [-0.2, -0.15) is 4.57 Å². The Bertz CT molecular complexity index is 732. The van der Waals surface area contributed by atoms with Crippen molar-refractivity contribution in [2.45, 2.75) is 6.54 Å². The van der Waals surface area contributed by atoms with Gasteiger partial charge in [-0.25, -0.2) is 0 Å². The molecule has 0 saturated carbocycles. The van der Waals surface area contributed by atoms with Crippen molar-refractivity contribution in [1.29, 1.82) is 0 Å². The van der Waals surface area contributed by atoms with Crippen LogP contribution in [-0.4, -0.2) is 0 Å². The third kappa shape index (κ3) is 2.02. The lowest BCUT2D eigenvalue weighted by atomic mass is 10.2. The van der Waals surface area contributed by atoms with Crippen molar-refractivity contribution in [1.82, 2.24) is 0 Å². The third-order valence-electron chi connectivity index (χ3n) is 2.80. The first-order chi connectivity index (χ1) is 8.83. The molecule has 0 radical (unpaired) electrons. The predicted molar refractivity (Wildman–Crippen MR) is 68.2 cm³/mol. The van der Waals surface area contributed by atoms with E-state index in [-0.39, 0.29) is 5.43 Å². The summed E-state index contributed by atoms with van der Waals surface area (Å²) < 4.78 is 7.69. The molecule has 0 saturated heterocycles. The summed E-state index contributed by atoms with van der Waals surface area (Å²) in [7, 11) is 0. The summed E-state index contributed by atoms with van der Waals surface area (Å²) >= 11 is 0. The van der Waals surface area contributed by atoms with E-state index in [0.29, 0.717) is 23.3 Å². The minimum atomic E-state index is 0.00313. The molecule has 0 bridgehead atoms. The van der Waals surface area contributed by atoms with Crippen LogP contribution in [0.15, 0.2) is 70.1 Å². The first-order valence-electron chi connectivity index (χ1n) is 5.79. The van der Waals surface area contributed by atoms with Crippen molar-refractivity contribution < 1.29 is 8.98 Å². The highest BCUT2D eigenvalue weighted by atomic mass is 16.3. The largest absolute Gasteiger partial charge is 0.454 e. The highest BCUT2D eigenvalue weighted by Crippen LogP contribution is 2.11. The van der Waals surface area contributed by atoms with Gasteiger partial charge in [-0.1, -0.05) is 18.2 Å². The molecule has 0 N–H and O–H groups in total. The lowest BCUT2D eigenvalue weighted by Gasteiger charge is -2.00. The van der Waals surface area contributed by atoms with Crippen molar-refractivity contribution in [2.75, 3.05) is 0 Å². The van der Waals surface area contributed by atoms with Gasteiger partial charge in [0.2, 0.25) is 6.54 Å². The minimum Gasteiger partial charge on any atom is -0.454 e. The Hall–Kier alpha value is -2.42. The summed E-state index contributed by atoms with van der Waals surface area (Å²) in [6.45, 7) is 0.556. The summed E-state index contributed by atoms with van der Waals surface area (Å²) in [4.78, 5) is 11.9. The fourth-order valence-electron chi connectivity index (χ4n) is 1.95. The Morgan fingerprint density at radius 1 is 1.00 bits per heavy atom. The van der Waals surface area contributed by atoms with Crippen LogP contribution >= 0.6 is 0 Å². The highest BCUT2D eigenvalue weighted by molar-refractivity contribution is 5.75. The van der Waals surface area contributed by atoms with Gasteiger partial charge in [0, 0.05) is 18.2 Å². The maximum Gasteiger partial charge on any atom is 0.205 e. The van der Waals surface area contributed by atoms with E-state index in [9.17, 15) is 4.79 Å². The Labute approximate surface area is 104 Å². The van der Waals surface area contributed by atoms with Crippen molar-refractivity contribution in [3.63, 3.8) is 0 Å². The first kappa shape index (κ1) is 10.7. The van der Waals surface area contributed by atoms with Gasteiger partial charge in [0.1, 0.15) is 5.58 Å². The Kier molecular flexibility index (Phi) is 2.65. The van der Waals surface area contributed by atoms with E-state index in [2.05, 4.69) is 0 Å². The molecule has 2 aromatic heterocycles. The molecule has 0 aliphatic heterocycles. The van der Waals surface area contributed by atoms with E-state index in [4.69, 9.17) is 4.42 Å². The van der Waals surface area contributed by atoms with Crippen LogP contribution in [0.4, 0.5) is 0 Å². The normalized spacial score (nSPS) is 10.7. The van der Waals surface area contributed by atoms with Gasteiger partial charge in [0.25, 0.3) is 0 Å². The summed E-state index contributed by atoms with van der Waals surface area (Å²) in [6, 6.07) is 14.7. The van der Waals surface area contributed by atoms with Gasteiger partial charge < -0.3 is 4.42 Å². The fraction of sp³-hybridized carbons (Fsp3) is 0.0667. The number of aromatic nitrogens is 1. The standard InChI is InChI=1S/C15H12NO2/c17-14-10-12(11-16-8-4-1-5-9-16)18-15-7-3-2-6-13(14)15/h1-10H,11H2/q+1. The molecule has 1 aromatic carbocycles. The second-order valence-corrected chi connectivity index (χ2v) is 4.12. The molecule has 3 aromatic rings. The summed E-state index contributed by atoms with van der Waals surface area (Å²) in [6.07, 6.45) is 3.88. The molecule has 0 atom stereocenters. The van der Waals surface area contributed by atoms with Gasteiger partial charge in [-0.15, -0.1) is 0 Å². The van der Waals surface area contributed by atoms with Crippen LogP contribution < -0.4 is 10.00 Å². The molecular formula is C15H12NO2+. The Balaban J connectivity index is 2.06. The number of pyridine rings is 1. The van der Waals surface area contributed by atoms with Gasteiger partial charge in [0.05, 0.1) is 5.39 Å². The lowest BCUT2D eigenvalue weighted by Crippen LogP contribution is -2.33. The average molecular weight is 238 g/mol. The molecule has 3 rings (SSSR count).